The van der Waals surface area contributed by atoms with Gasteiger partial charge in [-0.05, 0) is 44.4 Å². The minimum Gasteiger partial charge on any atom is -0.493 e. The minimum atomic E-state index is -0.343. The summed E-state index contributed by atoms with van der Waals surface area (Å²) in [4.78, 5) is 27.7. The van der Waals surface area contributed by atoms with E-state index in [0.29, 0.717) is 29.4 Å². The highest BCUT2D eigenvalue weighted by molar-refractivity contribution is 6.23. The van der Waals surface area contributed by atoms with Crippen LogP contribution in [0.4, 0.5) is 5.69 Å². The second kappa shape index (κ2) is 6.84. The second-order valence-corrected chi connectivity index (χ2v) is 8.22. The Balaban J connectivity index is 1.46. The number of anilines is 1. The van der Waals surface area contributed by atoms with Gasteiger partial charge in [-0.15, -0.1) is 0 Å². The minimum absolute atomic E-state index is 0.121. The van der Waals surface area contributed by atoms with Gasteiger partial charge in [0.25, 0.3) is 0 Å². The maximum absolute atomic E-state index is 13.2. The summed E-state index contributed by atoms with van der Waals surface area (Å²) in [5.74, 6) is 0.327. The fraction of sp³-hybridized carbons (Fsp3) is 0.500. The van der Waals surface area contributed by atoms with Crippen LogP contribution in [0.3, 0.4) is 0 Å². The molecular formula is C22H25N3O5. The lowest BCUT2D eigenvalue weighted by Gasteiger charge is -2.18. The molecule has 158 valence electrons. The first kappa shape index (κ1) is 19.1. The van der Waals surface area contributed by atoms with Gasteiger partial charge < -0.3 is 14.2 Å². The molecule has 1 aromatic heterocycles. The summed E-state index contributed by atoms with van der Waals surface area (Å²) >= 11 is 0. The number of nitrogens with zero attached hydrogens (tertiary/aromatic N) is 3. The van der Waals surface area contributed by atoms with E-state index in [-0.39, 0.29) is 35.9 Å². The Hall–Kier alpha value is -2.87. The fourth-order valence-electron chi connectivity index (χ4n) is 5.25. The standard InChI is InChI=1S/C22H25N3O5/c1-11-20(25-21(26)18-15-7-8-16(30-15)19(18)22(25)27)12(2)24(23-11)10-13-5-6-14(28-3)17(9-13)29-4/h5-6,9,15-16,18-19H,7-8,10H2,1-4H3/t15-,16-,18-,19-/m1/s1. The zero-order valence-electron chi connectivity index (χ0n) is 17.5. The Bertz CT molecular complexity index is 1020. The van der Waals surface area contributed by atoms with E-state index in [4.69, 9.17) is 14.2 Å². The quantitative estimate of drug-likeness (QED) is 0.702. The highest BCUT2D eigenvalue weighted by Gasteiger charge is 2.63. The molecule has 4 heterocycles. The summed E-state index contributed by atoms with van der Waals surface area (Å²) in [5, 5.41) is 4.63. The van der Waals surface area contributed by atoms with E-state index >= 15 is 0 Å². The summed E-state index contributed by atoms with van der Waals surface area (Å²) < 4.78 is 18.3. The topological polar surface area (TPSA) is 82.9 Å². The number of methoxy groups -OCH3 is 2. The van der Waals surface area contributed by atoms with Crippen LogP contribution in [0, 0.1) is 25.7 Å². The van der Waals surface area contributed by atoms with E-state index in [1.807, 2.05) is 36.7 Å². The molecule has 0 saturated carbocycles. The van der Waals surface area contributed by atoms with Crippen molar-refractivity contribution in [3.05, 3.63) is 35.2 Å². The number of aromatic nitrogens is 2. The van der Waals surface area contributed by atoms with E-state index in [0.717, 1.165) is 24.1 Å². The molecule has 3 aliphatic rings. The number of carbonyl (C=O) groups is 2. The molecule has 2 bridgehead atoms. The van der Waals surface area contributed by atoms with E-state index < -0.39 is 0 Å². The second-order valence-electron chi connectivity index (χ2n) is 8.22. The average molecular weight is 411 g/mol. The average Bonchev–Trinajstić information content (AvgIpc) is 3.47. The molecule has 30 heavy (non-hydrogen) atoms. The number of carbonyl (C=O) groups excluding carboxylic acids is 2. The van der Waals surface area contributed by atoms with Crippen LogP contribution in [0.15, 0.2) is 18.2 Å². The van der Waals surface area contributed by atoms with Crippen molar-refractivity contribution in [3.8, 4) is 11.5 Å². The zero-order chi connectivity index (χ0) is 21.2. The summed E-state index contributed by atoms with van der Waals surface area (Å²) in [6.45, 7) is 4.23. The van der Waals surface area contributed by atoms with Crippen molar-refractivity contribution in [2.45, 2.75) is 45.4 Å². The van der Waals surface area contributed by atoms with E-state index in [1.165, 1.54) is 4.90 Å². The largest absolute Gasteiger partial charge is 0.493 e. The molecule has 3 aliphatic heterocycles. The summed E-state index contributed by atoms with van der Waals surface area (Å²) in [5.41, 5.74) is 3.05. The third-order valence-electron chi connectivity index (χ3n) is 6.63. The molecule has 2 amide bonds. The highest BCUT2D eigenvalue weighted by atomic mass is 16.5. The number of ether oxygens (including phenoxy) is 3. The third kappa shape index (κ3) is 2.59. The Morgan fingerprint density at radius 2 is 1.67 bits per heavy atom. The first-order chi connectivity index (χ1) is 14.4. The van der Waals surface area contributed by atoms with Crippen LogP contribution in [-0.2, 0) is 20.9 Å². The number of fused-ring (bicyclic) bond motifs is 5. The van der Waals surface area contributed by atoms with Gasteiger partial charge in [0, 0.05) is 0 Å². The predicted molar refractivity (Wildman–Crippen MR) is 108 cm³/mol. The normalized spacial score (nSPS) is 27.1. The first-order valence-corrected chi connectivity index (χ1v) is 10.2. The van der Waals surface area contributed by atoms with Gasteiger partial charge in [0.2, 0.25) is 11.8 Å². The molecular weight excluding hydrogens is 386 g/mol. The van der Waals surface area contributed by atoms with Crippen molar-refractivity contribution in [2.75, 3.05) is 19.1 Å². The van der Waals surface area contributed by atoms with Gasteiger partial charge in [-0.3, -0.25) is 14.3 Å². The Morgan fingerprint density at radius 1 is 1.03 bits per heavy atom. The molecule has 5 rings (SSSR count). The van der Waals surface area contributed by atoms with Crippen molar-refractivity contribution < 1.29 is 23.8 Å². The van der Waals surface area contributed by atoms with Crippen LogP contribution >= 0.6 is 0 Å². The van der Waals surface area contributed by atoms with E-state index in [1.54, 1.807) is 14.2 Å². The molecule has 4 atom stereocenters. The lowest BCUT2D eigenvalue weighted by molar-refractivity contribution is -0.124. The molecule has 2 aromatic rings. The van der Waals surface area contributed by atoms with Crippen LogP contribution in [0.2, 0.25) is 0 Å². The van der Waals surface area contributed by atoms with Gasteiger partial charge in [-0.2, -0.15) is 5.10 Å². The van der Waals surface area contributed by atoms with Crippen molar-refractivity contribution >= 4 is 17.5 Å². The summed E-state index contributed by atoms with van der Waals surface area (Å²) in [7, 11) is 3.20. The highest BCUT2D eigenvalue weighted by Crippen LogP contribution is 2.50. The number of hydrogen-bond acceptors (Lipinski definition) is 6. The van der Waals surface area contributed by atoms with Gasteiger partial charge in [0.05, 0.1) is 61.9 Å². The van der Waals surface area contributed by atoms with Crippen molar-refractivity contribution in [3.63, 3.8) is 0 Å². The maximum atomic E-state index is 13.2. The smallest absolute Gasteiger partial charge is 0.240 e. The first-order valence-electron chi connectivity index (χ1n) is 10.2. The van der Waals surface area contributed by atoms with Crippen LogP contribution in [0.5, 0.6) is 11.5 Å². The number of imide groups is 1. The number of hydrogen-bond donors (Lipinski definition) is 0. The monoisotopic (exact) mass is 411 g/mol. The Labute approximate surface area is 174 Å². The number of benzene rings is 1. The molecule has 8 heteroatoms. The predicted octanol–water partition coefficient (Wildman–Crippen LogP) is 2.23. The van der Waals surface area contributed by atoms with E-state index in [2.05, 4.69) is 5.10 Å². The lowest BCUT2D eigenvalue weighted by atomic mass is 9.81. The maximum Gasteiger partial charge on any atom is 0.240 e. The van der Waals surface area contributed by atoms with Gasteiger partial charge in [0.1, 0.15) is 0 Å². The van der Waals surface area contributed by atoms with E-state index in [9.17, 15) is 9.59 Å². The van der Waals surface area contributed by atoms with Crippen molar-refractivity contribution in [1.29, 1.82) is 0 Å². The molecule has 8 nitrogen and oxygen atoms in total. The molecule has 0 unspecified atom stereocenters. The molecule has 3 fully saturated rings. The van der Waals surface area contributed by atoms with Gasteiger partial charge >= 0.3 is 0 Å². The molecule has 1 aromatic carbocycles. The van der Waals surface area contributed by atoms with Crippen LogP contribution < -0.4 is 14.4 Å². The third-order valence-corrected chi connectivity index (χ3v) is 6.63. The van der Waals surface area contributed by atoms with Crippen LogP contribution in [-0.4, -0.2) is 48.0 Å². The van der Waals surface area contributed by atoms with Gasteiger partial charge in [-0.25, -0.2) is 4.90 Å². The van der Waals surface area contributed by atoms with Crippen LogP contribution in [0.1, 0.15) is 29.8 Å². The molecule has 0 aliphatic carbocycles. The SMILES string of the molecule is COc1ccc(Cn2nc(C)c(N3C(=O)[C@H]4[C@H](C3=O)[C@H]3CC[C@H]4O3)c2C)cc1OC. The number of amides is 2. The summed E-state index contributed by atoms with van der Waals surface area (Å²) in [6.07, 6.45) is 1.47. The van der Waals surface area contributed by atoms with Crippen molar-refractivity contribution in [1.82, 2.24) is 9.78 Å². The molecule has 3 saturated heterocycles. The Kier molecular flexibility index (Phi) is 4.36. The van der Waals surface area contributed by atoms with Crippen molar-refractivity contribution in [2.24, 2.45) is 11.8 Å². The van der Waals surface area contributed by atoms with Gasteiger partial charge in [0.15, 0.2) is 11.5 Å². The molecule has 0 radical (unpaired) electrons. The molecule has 0 spiro atoms. The molecule has 0 N–H and O–H groups in total. The fourth-order valence-corrected chi connectivity index (χ4v) is 5.25. The number of rotatable bonds is 5. The van der Waals surface area contributed by atoms with Gasteiger partial charge in [-0.1, -0.05) is 6.07 Å². The Morgan fingerprint density at radius 3 is 2.27 bits per heavy atom. The number of aryl methyl sites for hydroxylation is 1. The van der Waals surface area contributed by atoms with Crippen LogP contribution in [0.25, 0.3) is 0 Å². The lowest BCUT2D eigenvalue weighted by Crippen LogP contribution is -2.35. The zero-order valence-corrected chi connectivity index (χ0v) is 17.5. The summed E-state index contributed by atoms with van der Waals surface area (Å²) in [6, 6.07) is 5.70.